The predicted octanol–water partition coefficient (Wildman–Crippen LogP) is 4.90. The first-order valence-corrected chi connectivity index (χ1v) is 8.98. The van der Waals surface area contributed by atoms with Gasteiger partial charge in [0.05, 0.1) is 18.5 Å². The summed E-state index contributed by atoms with van der Waals surface area (Å²) in [5, 5.41) is 6.95. The van der Waals surface area contributed by atoms with Crippen LogP contribution < -0.4 is 9.54 Å². The van der Waals surface area contributed by atoms with Crippen molar-refractivity contribution in [1.29, 1.82) is 0 Å². The van der Waals surface area contributed by atoms with Crippen molar-refractivity contribution in [2.24, 2.45) is 10.1 Å². The summed E-state index contributed by atoms with van der Waals surface area (Å²) in [5.41, 5.74) is 3.27. The van der Waals surface area contributed by atoms with Crippen molar-refractivity contribution < 1.29 is 4.74 Å². The number of hydrogen-bond donors (Lipinski definition) is 0. The number of rotatable bonds is 7. The fourth-order valence-corrected chi connectivity index (χ4v) is 3.11. The van der Waals surface area contributed by atoms with E-state index in [1.165, 1.54) is 5.71 Å². The second kappa shape index (κ2) is 8.67. The van der Waals surface area contributed by atoms with E-state index in [1.54, 1.807) is 18.4 Å². The van der Waals surface area contributed by atoms with Crippen LogP contribution in [0.1, 0.15) is 45.2 Å². The summed E-state index contributed by atoms with van der Waals surface area (Å²) in [6, 6.07) is 7.76. The summed E-state index contributed by atoms with van der Waals surface area (Å²) in [7, 11) is 1.67. The van der Waals surface area contributed by atoms with Crippen LogP contribution in [-0.2, 0) is 0 Å². The molecule has 0 aliphatic carbocycles. The minimum Gasteiger partial charge on any atom is -0.497 e. The largest absolute Gasteiger partial charge is 0.497 e. The highest BCUT2D eigenvalue weighted by Crippen LogP contribution is 2.17. The molecule has 0 aliphatic heterocycles. The topological polar surface area (TPSA) is 38.9 Å². The lowest BCUT2D eigenvalue weighted by atomic mass is 10.1. The first kappa shape index (κ1) is 17.5. The van der Waals surface area contributed by atoms with Gasteiger partial charge in [-0.25, -0.2) is 9.67 Å². The minimum atomic E-state index is 0.838. The second-order valence-electron chi connectivity index (χ2n) is 5.45. The molecular weight excluding hydrogens is 306 g/mol. The molecule has 124 valence electrons. The zero-order valence-electron chi connectivity index (χ0n) is 14.4. The van der Waals surface area contributed by atoms with E-state index < -0.39 is 0 Å². The average Bonchev–Trinajstić information content (AvgIpc) is 2.89. The minimum absolute atomic E-state index is 0.838. The second-order valence-corrected chi connectivity index (χ2v) is 6.28. The highest BCUT2D eigenvalue weighted by molar-refractivity contribution is 7.07. The Hall–Kier alpha value is -1.88. The molecule has 1 aromatic heterocycles. The van der Waals surface area contributed by atoms with Gasteiger partial charge in [0.2, 0.25) is 4.80 Å². The Morgan fingerprint density at radius 2 is 1.78 bits per heavy atom. The van der Waals surface area contributed by atoms with Crippen molar-refractivity contribution in [3.05, 3.63) is 40.1 Å². The molecule has 0 saturated carbocycles. The van der Waals surface area contributed by atoms with Gasteiger partial charge in [-0.1, -0.05) is 26.7 Å². The fraction of sp³-hybridized carbons (Fsp3) is 0.444. The Labute approximate surface area is 142 Å². The molecule has 0 radical (unpaired) electrons. The molecule has 1 aromatic carbocycles. The third-order valence-corrected chi connectivity index (χ3v) is 4.40. The van der Waals surface area contributed by atoms with Crippen LogP contribution in [0.5, 0.6) is 5.75 Å². The maximum absolute atomic E-state index is 5.19. The number of aromatic nitrogens is 1. The molecule has 23 heavy (non-hydrogen) atoms. The van der Waals surface area contributed by atoms with E-state index in [1.807, 2.05) is 28.9 Å². The molecule has 4 nitrogen and oxygen atoms in total. The summed E-state index contributed by atoms with van der Waals surface area (Å²) in [6.07, 6.45) is 4.32. The number of benzene rings is 1. The maximum atomic E-state index is 5.19. The van der Waals surface area contributed by atoms with E-state index in [-0.39, 0.29) is 0 Å². The maximum Gasteiger partial charge on any atom is 0.211 e. The Balaban J connectivity index is 2.40. The SMILES string of the molecule is CCCC(CCC)=Nn1c(C)csc1=Nc1ccc(OC)cc1. The summed E-state index contributed by atoms with van der Waals surface area (Å²) in [4.78, 5) is 5.63. The van der Waals surface area contributed by atoms with Gasteiger partial charge >= 0.3 is 0 Å². The molecule has 0 saturated heterocycles. The zero-order chi connectivity index (χ0) is 16.7. The molecule has 0 amide bonds. The Morgan fingerprint density at radius 1 is 1.13 bits per heavy atom. The summed E-state index contributed by atoms with van der Waals surface area (Å²) < 4.78 is 7.16. The summed E-state index contributed by atoms with van der Waals surface area (Å²) in [5.74, 6) is 0.838. The van der Waals surface area contributed by atoms with Crippen molar-refractivity contribution in [1.82, 2.24) is 4.68 Å². The molecule has 5 heteroatoms. The number of aryl methyl sites for hydroxylation is 1. The lowest BCUT2D eigenvalue weighted by Crippen LogP contribution is -2.14. The van der Waals surface area contributed by atoms with Crippen molar-refractivity contribution in [3.8, 4) is 5.75 Å². The molecular formula is C18H25N3OS. The summed E-state index contributed by atoms with van der Waals surface area (Å²) in [6.45, 7) is 6.46. The number of methoxy groups -OCH3 is 1. The van der Waals surface area contributed by atoms with Gasteiger partial charge in [0.1, 0.15) is 5.75 Å². The van der Waals surface area contributed by atoms with Gasteiger partial charge < -0.3 is 4.74 Å². The monoisotopic (exact) mass is 331 g/mol. The molecule has 0 spiro atoms. The van der Waals surface area contributed by atoms with Gasteiger partial charge in [-0.2, -0.15) is 5.10 Å². The van der Waals surface area contributed by atoms with Crippen LogP contribution in [0, 0.1) is 6.92 Å². The van der Waals surface area contributed by atoms with Crippen LogP contribution in [0.4, 0.5) is 5.69 Å². The Kier molecular flexibility index (Phi) is 6.59. The van der Waals surface area contributed by atoms with Gasteiger partial charge in [0.15, 0.2) is 0 Å². The van der Waals surface area contributed by atoms with E-state index >= 15 is 0 Å². The van der Waals surface area contributed by atoms with E-state index in [2.05, 4.69) is 26.2 Å². The quantitative estimate of drug-likeness (QED) is 0.665. The Bertz CT molecular complexity index is 703. The smallest absolute Gasteiger partial charge is 0.211 e. The van der Waals surface area contributed by atoms with Crippen molar-refractivity contribution in [2.45, 2.75) is 46.5 Å². The molecule has 1 heterocycles. The molecule has 2 aromatic rings. The first-order valence-electron chi connectivity index (χ1n) is 8.10. The van der Waals surface area contributed by atoms with E-state index in [0.717, 1.165) is 47.6 Å². The number of nitrogens with zero attached hydrogens (tertiary/aromatic N) is 3. The van der Waals surface area contributed by atoms with Crippen LogP contribution in [0.15, 0.2) is 39.7 Å². The van der Waals surface area contributed by atoms with Crippen LogP contribution >= 0.6 is 11.3 Å². The first-order chi connectivity index (χ1) is 11.2. The van der Waals surface area contributed by atoms with E-state index in [9.17, 15) is 0 Å². The lowest BCUT2D eigenvalue weighted by Gasteiger charge is -2.05. The predicted molar refractivity (Wildman–Crippen MR) is 97.9 cm³/mol. The highest BCUT2D eigenvalue weighted by atomic mass is 32.1. The summed E-state index contributed by atoms with van der Waals surface area (Å²) >= 11 is 1.62. The standard InChI is InChI=1S/C18H25N3OS/c1-5-7-16(8-6-2)20-21-14(3)13-23-18(21)19-15-9-11-17(22-4)12-10-15/h9-13H,5-8H2,1-4H3. The molecule has 0 bridgehead atoms. The third kappa shape index (κ3) is 4.79. The van der Waals surface area contributed by atoms with Crippen molar-refractivity contribution in [2.75, 3.05) is 7.11 Å². The number of ether oxygens (including phenoxy) is 1. The van der Waals surface area contributed by atoms with E-state index in [4.69, 9.17) is 14.8 Å². The molecule has 0 fully saturated rings. The molecule has 0 atom stereocenters. The number of hydrogen-bond acceptors (Lipinski definition) is 4. The van der Waals surface area contributed by atoms with Gasteiger partial charge in [0.25, 0.3) is 0 Å². The van der Waals surface area contributed by atoms with Gasteiger partial charge in [-0.3, -0.25) is 0 Å². The number of thiazole rings is 1. The lowest BCUT2D eigenvalue weighted by molar-refractivity contribution is 0.415. The molecule has 0 N–H and O–H groups in total. The molecule has 0 aliphatic rings. The fourth-order valence-electron chi connectivity index (χ4n) is 2.29. The van der Waals surface area contributed by atoms with Crippen LogP contribution in [-0.4, -0.2) is 17.5 Å². The normalized spacial score (nSPS) is 11.6. The van der Waals surface area contributed by atoms with Crippen LogP contribution in [0.2, 0.25) is 0 Å². The van der Waals surface area contributed by atoms with Crippen LogP contribution in [0.3, 0.4) is 0 Å². The molecule has 0 unspecified atom stereocenters. The van der Waals surface area contributed by atoms with Gasteiger partial charge in [0, 0.05) is 11.1 Å². The van der Waals surface area contributed by atoms with Crippen molar-refractivity contribution >= 4 is 22.7 Å². The third-order valence-electron chi connectivity index (χ3n) is 3.47. The van der Waals surface area contributed by atoms with Gasteiger partial charge in [-0.15, -0.1) is 11.3 Å². The van der Waals surface area contributed by atoms with E-state index in [0.29, 0.717) is 0 Å². The average molecular weight is 331 g/mol. The Morgan fingerprint density at radius 3 is 2.35 bits per heavy atom. The van der Waals surface area contributed by atoms with Crippen molar-refractivity contribution in [3.63, 3.8) is 0 Å². The van der Waals surface area contributed by atoms with Gasteiger partial charge in [-0.05, 0) is 44.0 Å². The van der Waals surface area contributed by atoms with Crippen LogP contribution in [0.25, 0.3) is 0 Å². The molecule has 2 rings (SSSR count). The highest BCUT2D eigenvalue weighted by Gasteiger charge is 2.03. The zero-order valence-corrected chi connectivity index (χ0v) is 15.2.